The summed E-state index contributed by atoms with van der Waals surface area (Å²) in [4.78, 5) is 0. The van der Waals surface area contributed by atoms with E-state index in [4.69, 9.17) is 0 Å². The SMILES string of the molecule is CC.CC(C)c1ccc(C(C)(O)C(F)(F)F)cc1.Oc1ccc2cc(C3(c4ccc5cc(O)ccc5c4)c4ccccc4-c4ccccc43)ccc2c1. The van der Waals surface area contributed by atoms with Gasteiger partial charge in [0, 0.05) is 0 Å². The molecule has 0 bridgehead atoms. The maximum Gasteiger partial charge on any atom is 0.421 e. The second-order valence-electron chi connectivity index (χ2n) is 13.7. The van der Waals surface area contributed by atoms with Crippen molar-refractivity contribution in [1.29, 1.82) is 0 Å². The lowest BCUT2D eigenvalue weighted by molar-refractivity contribution is -0.258. The Kier molecular flexibility index (Phi) is 10.1. The molecule has 3 nitrogen and oxygen atoms in total. The van der Waals surface area contributed by atoms with E-state index in [0.717, 1.165) is 34.0 Å². The minimum atomic E-state index is -4.66. The zero-order chi connectivity index (χ0) is 38.1. The summed E-state index contributed by atoms with van der Waals surface area (Å²) >= 11 is 0. The van der Waals surface area contributed by atoms with Gasteiger partial charge < -0.3 is 15.3 Å². The number of alkyl halides is 3. The summed E-state index contributed by atoms with van der Waals surface area (Å²) in [5.74, 6) is 0.800. The van der Waals surface area contributed by atoms with E-state index in [2.05, 4.69) is 84.9 Å². The van der Waals surface area contributed by atoms with Crippen molar-refractivity contribution >= 4 is 21.5 Å². The molecule has 53 heavy (non-hydrogen) atoms. The van der Waals surface area contributed by atoms with E-state index in [1.165, 1.54) is 45.5 Å². The molecule has 0 saturated carbocycles. The van der Waals surface area contributed by atoms with Crippen LogP contribution < -0.4 is 0 Å². The Labute approximate surface area is 308 Å². The molecule has 0 aliphatic heterocycles. The van der Waals surface area contributed by atoms with Crippen LogP contribution in [-0.4, -0.2) is 21.5 Å². The summed E-state index contributed by atoms with van der Waals surface area (Å²) in [6, 6.07) is 47.5. The average molecular weight is 713 g/mol. The zero-order valence-corrected chi connectivity index (χ0v) is 30.4. The molecule has 0 amide bonds. The van der Waals surface area contributed by atoms with Crippen molar-refractivity contribution in [3.05, 3.63) is 179 Å². The molecule has 0 spiro atoms. The first kappa shape index (κ1) is 37.2. The van der Waals surface area contributed by atoms with Crippen molar-refractivity contribution in [2.75, 3.05) is 0 Å². The van der Waals surface area contributed by atoms with Crippen LogP contribution in [0.15, 0.2) is 146 Å². The molecule has 1 unspecified atom stereocenters. The van der Waals surface area contributed by atoms with Crippen LogP contribution in [0.2, 0.25) is 0 Å². The smallest absolute Gasteiger partial charge is 0.421 e. The molecule has 0 fully saturated rings. The number of hydrogen-bond acceptors (Lipinski definition) is 3. The third kappa shape index (κ3) is 6.64. The number of fused-ring (bicyclic) bond motifs is 5. The van der Waals surface area contributed by atoms with Gasteiger partial charge in [-0.15, -0.1) is 0 Å². The van der Waals surface area contributed by atoms with E-state index >= 15 is 0 Å². The minimum absolute atomic E-state index is 0.135. The Balaban J connectivity index is 0.000000226. The van der Waals surface area contributed by atoms with E-state index in [9.17, 15) is 28.5 Å². The molecule has 0 saturated heterocycles. The predicted octanol–water partition coefficient (Wildman–Crippen LogP) is 12.4. The lowest BCUT2D eigenvalue weighted by Gasteiger charge is -2.34. The monoisotopic (exact) mass is 712 g/mol. The molecule has 0 aromatic heterocycles. The summed E-state index contributed by atoms with van der Waals surface area (Å²) in [5.41, 5.74) is 4.92. The third-order valence-corrected chi connectivity index (χ3v) is 10.2. The highest BCUT2D eigenvalue weighted by molar-refractivity contribution is 5.92. The van der Waals surface area contributed by atoms with Gasteiger partial charge in [-0.25, -0.2) is 0 Å². The van der Waals surface area contributed by atoms with Gasteiger partial charge in [0.2, 0.25) is 0 Å². The first-order chi connectivity index (χ1) is 25.3. The molecule has 0 radical (unpaired) electrons. The van der Waals surface area contributed by atoms with Crippen molar-refractivity contribution in [3.8, 4) is 22.6 Å². The average Bonchev–Trinajstić information content (AvgIpc) is 3.46. The lowest BCUT2D eigenvalue weighted by Crippen LogP contribution is -2.39. The fourth-order valence-corrected chi connectivity index (χ4v) is 7.31. The van der Waals surface area contributed by atoms with E-state index < -0.39 is 17.2 Å². The van der Waals surface area contributed by atoms with Crippen LogP contribution >= 0.6 is 0 Å². The first-order valence-electron chi connectivity index (χ1n) is 17.9. The van der Waals surface area contributed by atoms with Gasteiger partial charge >= 0.3 is 6.18 Å². The number of hydrogen-bond donors (Lipinski definition) is 3. The van der Waals surface area contributed by atoms with Gasteiger partial charge in [0.1, 0.15) is 11.5 Å². The van der Waals surface area contributed by atoms with Gasteiger partial charge in [0.25, 0.3) is 0 Å². The standard InChI is InChI=1S/C33H22O2.C12H15F3O.C2H6/c34-27-15-11-21-17-25(13-9-23(21)19-27)33(26-14-10-24-20-28(35)16-12-22(24)18-26)31-7-3-1-5-29(31)30-6-2-4-8-32(30)33;1-8(2)9-4-6-10(7-5-9)11(3,16)12(13,14)15;1-2/h1-20,34-35H;4-8,16H,1-3H3;1-2H3. The topological polar surface area (TPSA) is 60.7 Å². The molecule has 3 N–H and O–H groups in total. The van der Waals surface area contributed by atoms with Gasteiger partial charge in [0.15, 0.2) is 5.60 Å². The summed E-state index contributed by atoms with van der Waals surface area (Å²) in [6.45, 7) is 8.67. The van der Waals surface area contributed by atoms with Gasteiger partial charge in [-0.1, -0.05) is 137 Å². The van der Waals surface area contributed by atoms with E-state index in [-0.39, 0.29) is 23.0 Å². The summed E-state index contributed by atoms with van der Waals surface area (Å²) in [6.07, 6.45) is -4.66. The molecular formula is C47H43F3O3. The predicted molar refractivity (Wildman–Crippen MR) is 210 cm³/mol. The van der Waals surface area contributed by atoms with Crippen LogP contribution in [-0.2, 0) is 11.0 Å². The Morgan fingerprint density at radius 1 is 0.528 bits per heavy atom. The molecule has 7 aromatic rings. The Morgan fingerprint density at radius 3 is 1.34 bits per heavy atom. The number of phenols is 2. The van der Waals surface area contributed by atoms with Crippen LogP contribution in [0.1, 0.15) is 73.9 Å². The number of rotatable bonds is 4. The van der Waals surface area contributed by atoms with E-state index in [1.54, 1.807) is 24.3 Å². The number of aliphatic hydroxyl groups is 1. The van der Waals surface area contributed by atoms with E-state index in [1.807, 2.05) is 52.0 Å². The van der Waals surface area contributed by atoms with Gasteiger partial charge in [0.05, 0.1) is 5.41 Å². The van der Waals surface area contributed by atoms with Crippen molar-refractivity contribution < 1.29 is 28.5 Å². The highest BCUT2D eigenvalue weighted by Crippen LogP contribution is 2.56. The number of benzene rings is 7. The van der Waals surface area contributed by atoms with Crippen LogP contribution in [0.3, 0.4) is 0 Å². The number of aromatic hydroxyl groups is 2. The van der Waals surface area contributed by atoms with Crippen molar-refractivity contribution in [2.45, 2.75) is 57.7 Å². The Morgan fingerprint density at radius 2 is 0.925 bits per heavy atom. The Bertz CT molecular complexity index is 2260. The second-order valence-corrected chi connectivity index (χ2v) is 13.7. The van der Waals surface area contributed by atoms with Crippen LogP contribution in [0, 0.1) is 0 Å². The van der Waals surface area contributed by atoms with Crippen LogP contribution in [0.25, 0.3) is 32.7 Å². The van der Waals surface area contributed by atoms with Gasteiger partial charge in [-0.05, 0) is 115 Å². The summed E-state index contributed by atoms with van der Waals surface area (Å²) < 4.78 is 37.6. The zero-order valence-electron chi connectivity index (χ0n) is 30.4. The number of phenolic OH excluding ortho intramolecular Hbond substituents is 2. The first-order valence-corrected chi connectivity index (χ1v) is 17.9. The molecule has 8 rings (SSSR count). The normalized spacial score (nSPS) is 14.0. The van der Waals surface area contributed by atoms with Crippen molar-refractivity contribution in [3.63, 3.8) is 0 Å². The molecule has 270 valence electrons. The molecule has 1 aliphatic carbocycles. The molecule has 7 aromatic carbocycles. The third-order valence-electron chi connectivity index (χ3n) is 10.2. The summed E-state index contributed by atoms with van der Waals surface area (Å²) in [7, 11) is 0. The quantitative estimate of drug-likeness (QED) is 0.170. The van der Waals surface area contributed by atoms with Crippen LogP contribution in [0.4, 0.5) is 13.2 Å². The largest absolute Gasteiger partial charge is 0.508 e. The van der Waals surface area contributed by atoms with Crippen LogP contribution in [0.5, 0.6) is 11.5 Å². The highest BCUT2D eigenvalue weighted by atomic mass is 19.4. The fraction of sp³-hybridized carbons (Fsp3) is 0.191. The summed E-state index contributed by atoms with van der Waals surface area (Å²) in [5, 5.41) is 33.6. The lowest BCUT2D eigenvalue weighted by atomic mass is 9.67. The van der Waals surface area contributed by atoms with Crippen molar-refractivity contribution in [2.24, 2.45) is 0 Å². The minimum Gasteiger partial charge on any atom is -0.508 e. The molecule has 6 heteroatoms. The van der Waals surface area contributed by atoms with Gasteiger partial charge in [-0.2, -0.15) is 13.2 Å². The molecule has 1 aliphatic rings. The Hall–Kier alpha value is -5.59. The highest BCUT2D eigenvalue weighted by Gasteiger charge is 2.51. The second kappa shape index (κ2) is 14.4. The number of halogens is 3. The fourth-order valence-electron chi connectivity index (χ4n) is 7.31. The van der Waals surface area contributed by atoms with Crippen molar-refractivity contribution in [1.82, 2.24) is 0 Å². The van der Waals surface area contributed by atoms with Gasteiger partial charge in [-0.3, -0.25) is 0 Å². The molecule has 0 heterocycles. The molecule has 1 atom stereocenters. The maximum atomic E-state index is 12.5. The van der Waals surface area contributed by atoms with E-state index in [0.29, 0.717) is 0 Å². The maximum absolute atomic E-state index is 12.5. The molecular weight excluding hydrogens is 670 g/mol.